The van der Waals surface area contributed by atoms with Crippen molar-refractivity contribution in [2.75, 3.05) is 0 Å². The number of halogens is 1. The fourth-order valence-electron chi connectivity index (χ4n) is 0.724. The topological polar surface area (TPSA) is 51.6 Å². The summed E-state index contributed by atoms with van der Waals surface area (Å²) in [5.74, 6) is 0.611. The van der Waals surface area contributed by atoms with Crippen LogP contribution < -0.4 is 0 Å². The van der Waals surface area contributed by atoms with Gasteiger partial charge in [-0.1, -0.05) is 0 Å². The Morgan fingerprint density at radius 1 is 1.33 bits per heavy atom. The standard InChI is InChI=1S/C6H3BrN4S/c7-6-10-5(11-12-6)4-3-8-1-2-9-4/h1-3H. The zero-order valence-electron chi connectivity index (χ0n) is 5.81. The molecule has 0 unspecified atom stereocenters. The van der Waals surface area contributed by atoms with Crippen LogP contribution in [0.5, 0.6) is 0 Å². The average Bonchev–Trinajstić information content (AvgIpc) is 2.54. The Labute approximate surface area is 81.0 Å². The molecule has 0 bridgehead atoms. The van der Waals surface area contributed by atoms with Crippen molar-refractivity contribution in [3.05, 3.63) is 22.5 Å². The van der Waals surface area contributed by atoms with Crippen LogP contribution in [0.1, 0.15) is 0 Å². The first-order valence-corrected chi connectivity index (χ1v) is 4.68. The molecule has 12 heavy (non-hydrogen) atoms. The lowest BCUT2D eigenvalue weighted by atomic mass is 10.4. The Kier molecular flexibility index (Phi) is 2.09. The zero-order valence-corrected chi connectivity index (χ0v) is 8.21. The van der Waals surface area contributed by atoms with E-state index in [4.69, 9.17) is 0 Å². The van der Waals surface area contributed by atoms with Crippen LogP contribution >= 0.6 is 27.5 Å². The van der Waals surface area contributed by atoms with Gasteiger partial charge in [0.2, 0.25) is 0 Å². The third kappa shape index (κ3) is 1.49. The third-order valence-corrected chi connectivity index (χ3v) is 2.31. The Hall–Kier alpha value is -0.880. The van der Waals surface area contributed by atoms with Crippen molar-refractivity contribution in [3.63, 3.8) is 0 Å². The lowest BCUT2D eigenvalue weighted by molar-refractivity contribution is 1.16. The van der Waals surface area contributed by atoms with Gasteiger partial charge < -0.3 is 0 Å². The van der Waals surface area contributed by atoms with Gasteiger partial charge in [-0.15, -0.1) is 0 Å². The summed E-state index contributed by atoms with van der Waals surface area (Å²) >= 11 is 4.51. The molecule has 2 aromatic rings. The van der Waals surface area contributed by atoms with E-state index in [1.165, 1.54) is 11.5 Å². The van der Waals surface area contributed by atoms with Crippen molar-refractivity contribution in [3.8, 4) is 11.5 Å². The van der Waals surface area contributed by atoms with Crippen LogP contribution in [0.25, 0.3) is 11.5 Å². The molecule has 0 aliphatic carbocycles. The molecular formula is C6H3BrN4S. The molecule has 0 amide bonds. The minimum atomic E-state index is 0.611. The summed E-state index contributed by atoms with van der Waals surface area (Å²) in [6, 6.07) is 0. The minimum absolute atomic E-state index is 0.611. The Bertz CT molecular complexity index is 374. The third-order valence-electron chi connectivity index (χ3n) is 1.19. The number of aromatic nitrogens is 4. The van der Waals surface area contributed by atoms with E-state index in [0.717, 1.165) is 3.92 Å². The Morgan fingerprint density at radius 3 is 2.83 bits per heavy atom. The maximum absolute atomic E-state index is 4.10. The van der Waals surface area contributed by atoms with E-state index in [-0.39, 0.29) is 0 Å². The molecule has 0 radical (unpaired) electrons. The smallest absolute Gasteiger partial charge is 0.194 e. The van der Waals surface area contributed by atoms with Gasteiger partial charge >= 0.3 is 0 Å². The monoisotopic (exact) mass is 242 g/mol. The molecular weight excluding hydrogens is 240 g/mol. The van der Waals surface area contributed by atoms with Crippen molar-refractivity contribution in [2.45, 2.75) is 0 Å². The van der Waals surface area contributed by atoms with Crippen molar-refractivity contribution in [2.24, 2.45) is 0 Å². The summed E-state index contributed by atoms with van der Waals surface area (Å²) < 4.78 is 4.82. The molecule has 0 saturated heterocycles. The van der Waals surface area contributed by atoms with Gasteiger partial charge in [0, 0.05) is 12.4 Å². The first kappa shape index (κ1) is 7.75. The van der Waals surface area contributed by atoms with E-state index in [1.54, 1.807) is 18.6 Å². The normalized spacial score (nSPS) is 10.1. The molecule has 0 N–H and O–H groups in total. The molecule has 6 heteroatoms. The fraction of sp³-hybridized carbons (Fsp3) is 0. The van der Waals surface area contributed by atoms with E-state index >= 15 is 0 Å². The predicted octanol–water partition coefficient (Wildman–Crippen LogP) is 1.76. The molecule has 2 rings (SSSR count). The largest absolute Gasteiger partial charge is 0.261 e. The molecule has 2 heterocycles. The quantitative estimate of drug-likeness (QED) is 0.765. The molecule has 4 nitrogen and oxygen atoms in total. The number of hydrogen-bond acceptors (Lipinski definition) is 5. The van der Waals surface area contributed by atoms with Crippen molar-refractivity contribution >= 4 is 27.5 Å². The number of nitrogens with zero attached hydrogens (tertiary/aromatic N) is 4. The second-order valence-electron chi connectivity index (χ2n) is 1.96. The van der Waals surface area contributed by atoms with Gasteiger partial charge in [0.15, 0.2) is 9.74 Å². The van der Waals surface area contributed by atoms with Crippen LogP contribution in [0.4, 0.5) is 0 Å². The first-order chi connectivity index (χ1) is 5.86. The van der Waals surface area contributed by atoms with E-state index in [0.29, 0.717) is 11.5 Å². The molecule has 0 saturated carbocycles. The van der Waals surface area contributed by atoms with Gasteiger partial charge in [-0.25, -0.2) is 9.97 Å². The molecule has 0 aliphatic rings. The SMILES string of the molecule is Brc1nc(-c2cnccn2)ns1. The molecule has 0 aliphatic heterocycles. The Morgan fingerprint density at radius 2 is 2.25 bits per heavy atom. The second-order valence-corrected chi connectivity index (χ2v) is 3.99. The van der Waals surface area contributed by atoms with Gasteiger partial charge in [-0.2, -0.15) is 4.37 Å². The molecule has 2 aromatic heterocycles. The molecule has 0 spiro atoms. The maximum atomic E-state index is 4.10. The first-order valence-electron chi connectivity index (χ1n) is 3.12. The number of rotatable bonds is 1. The molecule has 0 atom stereocenters. The van der Waals surface area contributed by atoms with E-state index in [9.17, 15) is 0 Å². The lowest BCUT2D eigenvalue weighted by Gasteiger charge is -1.89. The van der Waals surface area contributed by atoms with Crippen molar-refractivity contribution < 1.29 is 0 Å². The van der Waals surface area contributed by atoms with Gasteiger partial charge in [0.05, 0.1) is 6.20 Å². The zero-order chi connectivity index (χ0) is 8.39. The van der Waals surface area contributed by atoms with Crippen LogP contribution in [-0.4, -0.2) is 19.3 Å². The van der Waals surface area contributed by atoms with Gasteiger partial charge in [-0.05, 0) is 27.5 Å². The van der Waals surface area contributed by atoms with Crippen LogP contribution in [0.15, 0.2) is 22.5 Å². The summed E-state index contributed by atoms with van der Waals surface area (Å²) in [6.45, 7) is 0. The molecule has 0 fully saturated rings. The van der Waals surface area contributed by atoms with Gasteiger partial charge in [0.1, 0.15) is 5.69 Å². The summed E-state index contributed by atoms with van der Waals surface area (Å²) in [7, 11) is 0. The van der Waals surface area contributed by atoms with E-state index in [2.05, 4.69) is 35.3 Å². The predicted molar refractivity (Wildman–Crippen MR) is 48.6 cm³/mol. The van der Waals surface area contributed by atoms with Crippen LogP contribution in [-0.2, 0) is 0 Å². The fourth-order valence-corrected chi connectivity index (χ4v) is 1.53. The highest BCUT2D eigenvalue weighted by atomic mass is 79.9. The summed E-state index contributed by atoms with van der Waals surface area (Å²) in [4.78, 5) is 12.1. The highest BCUT2D eigenvalue weighted by Gasteiger charge is 2.04. The second kappa shape index (κ2) is 3.24. The molecule has 60 valence electrons. The van der Waals surface area contributed by atoms with Gasteiger partial charge in [-0.3, -0.25) is 4.98 Å². The van der Waals surface area contributed by atoms with Crippen molar-refractivity contribution in [1.29, 1.82) is 0 Å². The molecule has 0 aromatic carbocycles. The summed E-state index contributed by atoms with van der Waals surface area (Å²) in [5, 5.41) is 0. The van der Waals surface area contributed by atoms with Crippen LogP contribution in [0.2, 0.25) is 0 Å². The van der Waals surface area contributed by atoms with E-state index < -0.39 is 0 Å². The van der Waals surface area contributed by atoms with Crippen LogP contribution in [0.3, 0.4) is 0 Å². The lowest BCUT2D eigenvalue weighted by Crippen LogP contribution is -1.85. The Balaban J connectivity index is 2.45. The highest BCUT2D eigenvalue weighted by Crippen LogP contribution is 2.18. The average molecular weight is 243 g/mol. The maximum Gasteiger partial charge on any atom is 0.194 e. The van der Waals surface area contributed by atoms with E-state index in [1.807, 2.05) is 0 Å². The summed E-state index contributed by atoms with van der Waals surface area (Å²) in [5.41, 5.74) is 0.694. The number of hydrogen-bond donors (Lipinski definition) is 0. The van der Waals surface area contributed by atoms with Crippen LogP contribution in [0, 0.1) is 0 Å². The summed E-state index contributed by atoms with van der Waals surface area (Å²) in [6.07, 6.45) is 4.86. The minimum Gasteiger partial charge on any atom is -0.261 e. The van der Waals surface area contributed by atoms with Gasteiger partial charge in [0.25, 0.3) is 0 Å². The highest BCUT2D eigenvalue weighted by molar-refractivity contribution is 9.11. The van der Waals surface area contributed by atoms with Crippen molar-refractivity contribution in [1.82, 2.24) is 19.3 Å².